The minimum Gasteiger partial charge on any atom is -0.495 e. The van der Waals surface area contributed by atoms with Gasteiger partial charge in [-0.1, -0.05) is 18.2 Å². The lowest BCUT2D eigenvalue weighted by Gasteiger charge is -2.11. The van der Waals surface area contributed by atoms with Crippen molar-refractivity contribution in [2.24, 2.45) is 0 Å². The lowest BCUT2D eigenvalue weighted by atomic mass is 10.2. The lowest BCUT2D eigenvalue weighted by Crippen LogP contribution is -2.19. The Morgan fingerprint density at radius 1 is 1.00 bits per heavy atom. The first-order chi connectivity index (χ1) is 13.6. The van der Waals surface area contributed by atoms with Crippen molar-refractivity contribution in [3.63, 3.8) is 0 Å². The molecule has 0 spiro atoms. The molecule has 1 heterocycles. The molecule has 0 saturated heterocycles. The van der Waals surface area contributed by atoms with Crippen LogP contribution in [-0.2, 0) is 0 Å². The van der Waals surface area contributed by atoms with E-state index >= 15 is 0 Å². The molecule has 2 N–H and O–H groups in total. The average molecular weight is 389 g/mol. The summed E-state index contributed by atoms with van der Waals surface area (Å²) in [7, 11) is 1.57. The van der Waals surface area contributed by atoms with Crippen molar-refractivity contribution in [2.45, 2.75) is 6.92 Å². The van der Waals surface area contributed by atoms with Crippen molar-refractivity contribution in [2.75, 3.05) is 17.7 Å². The number of nitrogens with one attached hydrogen (secondary N) is 2. The number of amides is 2. The second-order valence-electron chi connectivity index (χ2n) is 6.35. The Bertz CT molecular complexity index is 1140. The van der Waals surface area contributed by atoms with Gasteiger partial charge in [-0.15, -0.1) is 11.3 Å². The smallest absolute Gasteiger partial charge is 0.323 e. The van der Waals surface area contributed by atoms with E-state index in [0.717, 1.165) is 16.1 Å². The van der Waals surface area contributed by atoms with E-state index in [1.165, 1.54) is 10.3 Å². The normalized spacial score (nSPS) is 10.6. The molecule has 6 heteroatoms. The predicted molar refractivity (Wildman–Crippen MR) is 115 cm³/mol. The number of urea groups is 1. The number of carbonyl (C=O) groups is 1. The van der Waals surface area contributed by atoms with Gasteiger partial charge >= 0.3 is 6.03 Å². The summed E-state index contributed by atoms with van der Waals surface area (Å²) in [6, 6.07) is 20.9. The van der Waals surface area contributed by atoms with Gasteiger partial charge in [0.2, 0.25) is 0 Å². The monoisotopic (exact) mass is 389 g/mol. The summed E-state index contributed by atoms with van der Waals surface area (Å²) in [6.45, 7) is 2.08. The number of anilines is 2. The third-order valence-corrected chi connectivity index (χ3v) is 5.36. The topological polar surface area (TPSA) is 63.2 Å². The molecule has 0 bridgehead atoms. The third kappa shape index (κ3) is 3.82. The SMILES string of the molecule is COc1ccccc1NC(=O)Nc1ccc(-c2nc3ccc(C)cc3s2)cc1. The summed E-state index contributed by atoms with van der Waals surface area (Å²) in [5.41, 5.74) is 4.57. The Morgan fingerprint density at radius 2 is 1.79 bits per heavy atom. The van der Waals surface area contributed by atoms with Crippen molar-refractivity contribution >= 4 is 39.0 Å². The van der Waals surface area contributed by atoms with Crippen molar-refractivity contribution in [1.82, 2.24) is 4.98 Å². The molecule has 0 aliphatic carbocycles. The van der Waals surface area contributed by atoms with E-state index in [1.54, 1.807) is 30.6 Å². The van der Waals surface area contributed by atoms with Gasteiger partial charge in [0.05, 0.1) is 23.0 Å². The van der Waals surface area contributed by atoms with Crippen molar-refractivity contribution in [3.05, 3.63) is 72.3 Å². The Hall–Kier alpha value is -3.38. The molecule has 4 aromatic rings. The van der Waals surface area contributed by atoms with Crippen LogP contribution >= 0.6 is 11.3 Å². The molecule has 4 rings (SSSR count). The number of carbonyl (C=O) groups excluding carboxylic acids is 1. The highest BCUT2D eigenvalue weighted by atomic mass is 32.1. The number of para-hydroxylation sites is 2. The molecule has 0 aliphatic rings. The van der Waals surface area contributed by atoms with Gasteiger partial charge in [0.25, 0.3) is 0 Å². The van der Waals surface area contributed by atoms with Gasteiger partial charge in [-0.3, -0.25) is 0 Å². The first-order valence-corrected chi connectivity index (χ1v) is 9.63. The number of benzene rings is 3. The van der Waals surface area contributed by atoms with Gasteiger partial charge in [-0.05, 0) is 61.0 Å². The van der Waals surface area contributed by atoms with E-state index < -0.39 is 0 Å². The summed E-state index contributed by atoms with van der Waals surface area (Å²) in [4.78, 5) is 17.0. The van der Waals surface area contributed by atoms with Crippen LogP contribution in [0.2, 0.25) is 0 Å². The van der Waals surface area contributed by atoms with Crippen LogP contribution < -0.4 is 15.4 Å². The number of rotatable bonds is 4. The summed E-state index contributed by atoms with van der Waals surface area (Å²) in [5.74, 6) is 0.610. The highest BCUT2D eigenvalue weighted by Gasteiger charge is 2.09. The predicted octanol–water partition coefficient (Wildman–Crippen LogP) is 5.92. The van der Waals surface area contributed by atoms with Crippen LogP contribution in [0.5, 0.6) is 5.75 Å². The molecule has 0 radical (unpaired) electrons. The summed E-state index contributed by atoms with van der Waals surface area (Å²) in [6.07, 6.45) is 0. The Balaban J connectivity index is 1.47. The summed E-state index contributed by atoms with van der Waals surface area (Å²) in [5, 5.41) is 6.59. The number of hydrogen-bond acceptors (Lipinski definition) is 4. The molecular weight excluding hydrogens is 370 g/mol. The van der Waals surface area contributed by atoms with Crippen LogP contribution in [-0.4, -0.2) is 18.1 Å². The summed E-state index contributed by atoms with van der Waals surface area (Å²) < 4.78 is 6.42. The van der Waals surface area contributed by atoms with Gasteiger partial charge in [0, 0.05) is 11.3 Å². The van der Waals surface area contributed by atoms with Crippen molar-refractivity contribution < 1.29 is 9.53 Å². The third-order valence-electron chi connectivity index (χ3n) is 4.29. The van der Waals surface area contributed by atoms with Crippen LogP contribution in [0.1, 0.15) is 5.56 Å². The van der Waals surface area contributed by atoms with Crippen molar-refractivity contribution in [1.29, 1.82) is 0 Å². The molecule has 28 heavy (non-hydrogen) atoms. The molecule has 1 aromatic heterocycles. The molecule has 140 valence electrons. The van der Waals surface area contributed by atoms with Crippen LogP contribution in [0.25, 0.3) is 20.8 Å². The fourth-order valence-corrected chi connectivity index (χ4v) is 3.95. The highest BCUT2D eigenvalue weighted by Crippen LogP contribution is 2.31. The van der Waals surface area contributed by atoms with Gasteiger partial charge in [-0.2, -0.15) is 0 Å². The Kier molecular flexibility index (Phi) is 4.95. The van der Waals surface area contributed by atoms with Crippen LogP contribution in [0, 0.1) is 6.92 Å². The van der Waals surface area contributed by atoms with E-state index in [9.17, 15) is 4.79 Å². The standard InChI is InChI=1S/C22H19N3O2S/c1-14-7-12-18-20(13-14)28-21(24-18)15-8-10-16(11-9-15)23-22(26)25-17-5-3-4-6-19(17)27-2/h3-13H,1-2H3,(H2,23,25,26). The van der Waals surface area contributed by atoms with E-state index in [1.807, 2.05) is 42.5 Å². The molecule has 0 unspecified atom stereocenters. The zero-order chi connectivity index (χ0) is 19.5. The second kappa shape index (κ2) is 7.70. The van der Waals surface area contributed by atoms with Gasteiger partial charge in [0.1, 0.15) is 10.8 Å². The van der Waals surface area contributed by atoms with Crippen LogP contribution in [0.4, 0.5) is 16.2 Å². The number of thiazole rings is 1. The fraction of sp³-hybridized carbons (Fsp3) is 0.0909. The number of methoxy groups -OCH3 is 1. The Morgan fingerprint density at radius 3 is 2.57 bits per heavy atom. The summed E-state index contributed by atoms with van der Waals surface area (Å²) >= 11 is 1.67. The van der Waals surface area contributed by atoms with Crippen molar-refractivity contribution in [3.8, 4) is 16.3 Å². The zero-order valence-electron chi connectivity index (χ0n) is 15.5. The zero-order valence-corrected chi connectivity index (χ0v) is 16.3. The molecule has 0 fully saturated rings. The number of ether oxygens (including phenoxy) is 1. The quantitative estimate of drug-likeness (QED) is 0.455. The maximum absolute atomic E-state index is 12.3. The maximum atomic E-state index is 12.3. The van der Waals surface area contributed by atoms with Gasteiger partial charge in [0.15, 0.2) is 0 Å². The first kappa shape index (κ1) is 18.0. The molecule has 0 saturated carbocycles. The maximum Gasteiger partial charge on any atom is 0.323 e. The first-order valence-electron chi connectivity index (χ1n) is 8.81. The number of aryl methyl sites for hydroxylation is 1. The number of hydrogen-bond donors (Lipinski definition) is 2. The average Bonchev–Trinajstić information content (AvgIpc) is 3.12. The highest BCUT2D eigenvalue weighted by molar-refractivity contribution is 7.21. The van der Waals surface area contributed by atoms with Gasteiger partial charge < -0.3 is 15.4 Å². The van der Waals surface area contributed by atoms with E-state index in [-0.39, 0.29) is 6.03 Å². The molecule has 5 nitrogen and oxygen atoms in total. The van der Waals surface area contributed by atoms with E-state index in [2.05, 4.69) is 29.7 Å². The minimum atomic E-state index is -0.326. The molecule has 3 aromatic carbocycles. The number of fused-ring (bicyclic) bond motifs is 1. The van der Waals surface area contributed by atoms with Crippen LogP contribution in [0.15, 0.2) is 66.7 Å². The molecule has 0 atom stereocenters. The molecule has 2 amide bonds. The number of aromatic nitrogens is 1. The number of nitrogens with zero attached hydrogens (tertiary/aromatic N) is 1. The molecular formula is C22H19N3O2S. The van der Waals surface area contributed by atoms with E-state index in [4.69, 9.17) is 9.72 Å². The van der Waals surface area contributed by atoms with Gasteiger partial charge in [-0.25, -0.2) is 9.78 Å². The Labute approximate surface area is 167 Å². The second-order valence-corrected chi connectivity index (χ2v) is 7.38. The van der Waals surface area contributed by atoms with Crippen LogP contribution in [0.3, 0.4) is 0 Å². The minimum absolute atomic E-state index is 0.326. The molecule has 0 aliphatic heterocycles. The lowest BCUT2D eigenvalue weighted by molar-refractivity contribution is 0.262. The fourth-order valence-electron chi connectivity index (χ4n) is 2.88. The van der Waals surface area contributed by atoms with E-state index in [0.29, 0.717) is 17.1 Å². The largest absolute Gasteiger partial charge is 0.495 e.